The summed E-state index contributed by atoms with van der Waals surface area (Å²) in [6.45, 7) is 12.5. The fraction of sp³-hybridized carbons (Fsp3) is 0.929. The Kier molecular flexibility index (Phi) is 5.60. The molecule has 1 fully saturated rings. The summed E-state index contributed by atoms with van der Waals surface area (Å²) in [6.07, 6.45) is 1.16. The van der Waals surface area contributed by atoms with Crippen molar-refractivity contribution >= 4 is 5.97 Å². The molecule has 1 N–H and O–H groups in total. The number of methoxy groups -OCH3 is 1. The fourth-order valence-corrected chi connectivity index (χ4v) is 2.56. The molecule has 1 heterocycles. The van der Waals surface area contributed by atoms with Crippen molar-refractivity contribution in [3.05, 3.63) is 0 Å². The molecule has 4 nitrogen and oxygen atoms in total. The van der Waals surface area contributed by atoms with Gasteiger partial charge in [-0.3, -0.25) is 4.79 Å². The van der Waals surface area contributed by atoms with Gasteiger partial charge in [-0.1, -0.05) is 13.8 Å². The smallest absolute Gasteiger partial charge is 0.312 e. The lowest BCUT2D eigenvalue weighted by atomic mass is 9.90. The molecule has 0 bridgehead atoms. The van der Waals surface area contributed by atoms with Crippen LogP contribution in [-0.2, 0) is 9.53 Å². The fourth-order valence-electron chi connectivity index (χ4n) is 2.56. The van der Waals surface area contributed by atoms with Gasteiger partial charge in [0.1, 0.15) is 0 Å². The molecule has 0 aliphatic carbocycles. The molecule has 0 radical (unpaired) electrons. The molecule has 4 heteroatoms. The number of carbonyl (C=O) groups excluding carboxylic acids is 1. The molecule has 1 saturated heterocycles. The highest BCUT2D eigenvalue weighted by atomic mass is 16.5. The normalized spacial score (nSPS) is 26.1. The van der Waals surface area contributed by atoms with Crippen molar-refractivity contribution in [2.45, 2.75) is 40.2 Å². The third-order valence-corrected chi connectivity index (χ3v) is 3.98. The van der Waals surface area contributed by atoms with Crippen LogP contribution in [0.3, 0.4) is 0 Å². The summed E-state index contributed by atoms with van der Waals surface area (Å²) in [6, 6.07) is 0.511. The van der Waals surface area contributed by atoms with Gasteiger partial charge in [-0.15, -0.1) is 0 Å². The van der Waals surface area contributed by atoms with Crippen molar-refractivity contribution in [3.8, 4) is 0 Å². The molecular formula is C14H28N2O2. The lowest BCUT2D eigenvalue weighted by Crippen LogP contribution is -2.51. The molecule has 0 spiro atoms. The Morgan fingerprint density at radius 1 is 1.50 bits per heavy atom. The largest absolute Gasteiger partial charge is 0.469 e. The second-order valence-corrected chi connectivity index (χ2v) is 6.02. The van der Waals surface area contributed by atoms with Crippen LogP contribution in [0.4, 0.5) is 0 Å². The average Bonchev–Trinajstić information content (AvgIpc) is 2.36. The Morgan fingerprint density at radius 2 is 2.17 bits per heavy atom. The quantitative estimate of drug-likeness (QED) is 0.757. The molecule has 1 aliphatic rings. The summed E-state index contributed by atoms with van der Waals surface area (Å²) in [5, 5.41) is 3.54. The van der Waals surface area contributed by atoms with E-state index in [1.165, 1.54) is 7.11 Å². The van der Waals surface area contributed by atoms with E-state index in [1.54, 1.807) is 0 Å². The van der Waals surface area contributed by atoms with E-state index < -0.39 is 5.41 Å². The first-order valence-electron chi connectivity index (χ1n) is 6.95. The van der Waals surface area contributed by atoms with E-state index in [2.05, 4.69) is 24.1 Å². The van der Waals surface area contributed by atoms with E-state index in [0.29, 0.717) is 18.5 Å². The number of nitrogens with zero attached hydrogens (tertiary/aromatic N) is 1. The highest BCUT2D eigenvalue weighted by molar-refractivity contribution is 5.76. The van der Waals surface area contributed by atoms with Crippen molar-refractivity contribution in [1.29, 1.82) is 0 Å². The minimum Gasteiger partial charge on any atom is -0.469 e. The van der Waals surface area contributed by atoms with Gasteiger partial charge in [-0.2, -0.15) is 0 Å². The average molecular weight is 256 g/mol. The van der Waals surface area contributed by atoms with Crippen LogP contribution in [0.5, 0.6) is 0 Å². The number of hydrogen-bond acceptors (Lipinski definition) is 4. The Bertz CT molecular complexity index is 279. The lowest BCUT2D eigenvalue weighted by molar-refractivity contribution is -0.150. The van der Waals surface area contributed by atoms with E-state index in [-0.39, 0.29) is 5.97 Å². The maximum Gasteiger partial charge on any atom is 0.312 e. The third-order valence-electron chi connectivity index (χ3n) is 3.98. The van der Waals surface area contributed by atoms with Crippen molar-refractivity contribution in [2.75, 3.05) is 33.3 Å². The number of likely N-dealkylation sites (tertiary alicyclic amines) is 1. The molecule has 0 aromatic carbocycles. The number of rotatable bonds is 5. The van der Waals surface area contributed by atoms with E-state index >= 15 is 0 Å². The minimum atomic E-state index is -0.448. The van der Waals surface area contributed by atoms with E-state index in [0.717, 1.165) is 26.1 Å². The van der Waals surface area contributed by atoms with Crippen LogP contribution in [-0.4, -0.2) is 50.2 Å². The first-order chi connectivity index (χ1) is 8.40. The molecular weight excluding hydrogens is 228 g/mol. The number of hydrogen-bond donors (Lipinski definition) is 1. The van der Waals surface area contributed by atoms with Crippen molar-refractivity contribution in [2.24, 2.45) is 11.3 Å². The van der Waals surface area contributed by atoms with Crippen LogP contribution in [0.1, 0.15) is 34.1 Å². The lowest BCUT2D eigenvalue weighted by Gasteiger charge is -2.38. The van der Waals surface area contributed by atoms with Crippen LogP contribution in [0.25, 0.3) is 0 Å². The molecule has 0 saturated carbocycles. The van der Waals surface area contributed by atoms with Crippen LogP contribution in [0.15, 0.2) is 0 Å². The molecule has 1 rings (SSSR count). The van der Waals surface area contributed by atoms with Gasteiger partial charge in [0.2, 0.25) is 0 Å². The summed E-state index contributed by atoms with van der Waals surface area (Å²) in [4.78, 5) is 14.1. The summed E-state index contributed by atoms with van der Waals surface area (Å²) in [5.74, 6) is 0.487. The molecule has 0 aromatic rings. The van der Waals surface area contributed by atoms with Gasteiger partial charge in [-0.25, -0.2) is 0 Å². The van der Waals surface area contributed by atoms with E-state index in [1.807, 2.05) is 13.8 Å². The Hall–Kier alpha value is -0.610. The highest BCUT2D eigenvalue weighted by Crippen LogP contribution is 2.20. The van der Waals surface area contributed by atoms with Gasteiger partial charge in [0.05, 0.1) is 12.5 Å². The molecule has 1 aliphatic heterocycles. The number of esters is 1. The first kappa shape index (κ1) is 15.4. The van der Waals surface area contributed by atoms with Gasteiger partial charge < -0.3 is 15.0 Å². The van der Waals surface area contributed by atoms with Crippen LogP contribution in [0, 0.1) is 11.3 Å². The number of carbonyl (C=O) groups is 1. The summed E-state index contributed by atoms with van der Waals surface area (Å²) >= 11 is 0. The number of ether oxygens (including phenoxy) is 1. The van der Waals surface area contributed by atoms with Gasteiger partial charge >= 0.3 is 5.97 Å². The molecule has 2 unspecified atom stereocenters. The maximum atomic E-state index is 11.6. The van der Waals surface area contributed by atoms with Crippen LogP contribution in [0.2, 0.25) is 0 Å². The van der Waals surface area contributed by atoms with E-state index in [4.69, 9.17) is 4.74 Å². The van der Waals surface area contributed by atoms with Crippen LogP contribution < -0.4 is 5.32 Å². The Morgan fingerprint density at radius 3 is 2.67 bits per heavy atom. The predicted octanol–water partition coefficient (Wildman–Crippen LogP) is 1.51. The second-order valence-electron chi connectivity index (χ2n) is 6.02. The number of piperidine rings is 1. The van der Waals surface area contributed by atoms with Crippen LogP contribution >= 0.6 is 0 Å². The van der Waals surface area contributed by atoms with Gasteiger partial charge in [-0.05, 0) is 39.3 Å². The molecule has 0 amide bonds. The summed E-state index contributed by atoms with van der Waals surface area (Å²) in [7, 11) is 1.45. The second kappa shape index (κ2) is 6.53. The summed E-state index contributed by atoms with van der Waals surface area (Å²) < 4.78 is 4.83. The number of nitrogens with one attached hydrogen (secondary N) is 1. The first-order valence-corrected chi connectivity index (χ1v) is 6.95. The third kappa shape index (κ3) is 3.95. The van der Waals surface area contributed by atoms with Crippen molar-refractivity contribution < 1.29 is 9.53 Å². The molecule has 0 aromatic heterocycles. The van der Waals surface area contributed by atoms with Crippen molar-refractivity contribution in [3.63, 3.8) is 0 Å². The van der Waals surface area contributed by atoms with Crippen molar-refractivity contribution in [1.82, 2.24) is 10.2 Å². The minimum absolute atomic E-state index is 0.145. The molecule has 2 atom stereocenters. The monoisotopic (exact) mass is 256 g/mol. The van der Waals surface area contributed by atoms with Gasteiger partial charge in [0.25, 0.3) is 0 Å². The summed E-state index contributed by atoms with van der Waals surface area (Å²) in [5.41, 5.74) is -0.448. The van der Waals surface area contributed by atoms with Gasteiger partial charge in [0.15, 0.2) is 0 Å². The Labute approximate surface area is 111 Å². The standard InChI is InChI=1S/C14H28N2O2/c1-6-16-8-7-12(11(2)9-16)15-10-14(3,4)13(17)18-5/h11-12,15H,6-10H2,1-5H3. The predicted molar refractivity (Wildman–Crippen MR) is 73.5 cm³/mol. The SMILES string of the molecule is CCN1CCC(NCC(C)(C)C(=O)OC)C(C)C1. The zero-order chi connectivity index (χ0) is 13.8. The Balaban J connectivity index is 2.42. The molecule has 18 heavy (non-hydrogen) atoms. The van der Waals surface area contributed by atoms with E-state index in [9.17, 15) is 4.79 Å². The highest BCUT2D eigenvalue weighted by Gasteiger charge is 2.31. The molecule has 106 valence electrons. The van der Waals surface area contributed by atoms with Gasteiger partial charge in [0, 0.05) is 19.1 Å². The maximum absolute atomic E-state index is 11.6. The zero-order valence-electron chi connectivity index (χ0n) is 12.5. The topological polar surface area (TPSA) is 41.6 Å². The zero-order valence-corrected chi connectivity index (χ0v) is 12.5.